The van der Waals surface area contributed by atoms with Crippen molar-refractivity contribution in [3.8, 4) is 0 Å². The minimum Gasteiger partial charge on any atom is -0.365 e. The first kappa shape index (κ1) is 12.4. The van der Waals surface area contributed by atoms with Gasteiger partial charge in [-0.25, -0.2) is 0 Å². The van der Waals surface area contributed by atoms with Gasteiger partial charge in [-0.2, -0.15) is 5.10 Å². The van der Waals surface area contributed by atoms with Gasteiger partial charge in [-0.1, -0.05) is 44.0 Å². The van der Waals surface area contributed by atoms with E-state index in [9.17, 15) is 0 Å². The molecular formula is C16H21N3. The zero-order valence-electron chi connectivity index (χ0n) is 11.5. The van der Waals surface area contributed by atoms with Crippen LogP contribution in [-0.4, -0.2) is 16.2 Å². The van der Waals surface area contributed by atoms with E-state index < -0.39 is 0 Å². The molecule has 3 rings (SSSR count). The maximum absolute atomic E-state index is 4.29. The lowest BCUT2D eigenvalue weighted by atomic mass is 10.0. The van der Waals surface area contributed by atoms with Crippen LogP contribution in [0.3, 0.4) is 0 Å². The zero-order valence-corrected chi connectivity index (χ0v) is 11.5. The maximum Gasteiger partial charge on any atom is 0.156 e. The summed E-state index contributed by atoms with van der Waals surface area (Å²) in [6.07, 6.45) is 8.31. The van der Waals surface area contributed by atoms with E-state index in [2.05, 4.69) is 40.6 Å². The van der Waals surface area contributed by atoms with Crippen molar-refractivity contribution in [1.82, 2.24) is 10.2 Å². The van der Waals surface area contributed by atoms with Crippen molar-refractivity contribution in [2.75, 3.05) is 5.32 Å². The summed E-state index contributed by atoms with van der Waals surface area (Å²) in [5, 5.41) is 14.3. The second-order valence-electron chi connectivity index (χ2n) is 5.74. The van der Waals surface area contributed by atoms with Crippen LogP contribution in [0.5, 0.6) is 0 Å². The fraction of sp³-hybridized carbons (Fsp3) is 0.500. The molecule has 1 N–H and O–H groups in total. The molecule has 1 aliphatic rings. The summed E-state index contributed by atoms with van der Waals surface area (Å²) in [6.45, 7) is 2.36. The second-order valence-corrected chi connectivity index (χ2v) is 5.74. The quantitative estimate of drug-likeness (QED) is 0.824. The molecule has 0 spiro atoms. The smallest absolute Gasteiger partial charge is 0.156 e. The highest BCUT2D eigenvalue weighted by Gasteiger charge is 2.17. The van der Waals surface area contributed by atoms with Gasteiger partial charge < -0.3 is 5.32 Å². The summed E-state index contributed by atoms with van der Waals surface area (Å²) >= 11 is 0. The van der Waals surface area contributed by atoms with Crippen molar-refractivity contribution in [1.29, 1.82) is 0 Å². The summed E-state index contributed by atoms with van der Waals surface area (Å²) in [6, 6.07) is 8.85. The van der Waals surface area contributed by atoms with Crippen molar-refractivity contribution in [3.05, 3.63) is 30.5 Å². The minimum absolute atomic E-state index is 0.546. The van der Waals surface area contributed by atoms with Crippen LogP contribution in [0.2, 0.25) is 0 Å². The molecule has 2 aromatic rings. The van der Waals surface area contributed by atoms with E-state index in [0.29, 0.717) is 6.04 Å². The Morgan fingerprint density at radius 3 is 2.95 bits per heavy atom. The molecular weight excluding hydrogens is 234 g/mol. The van der Waals surface area contributed by atoms with E-state index in [1.807, 2.05) is 12.3 Å². The molecule has 0 amide bonds. The molecule has 0 bridgehead atoms. The standard InChI is InChI=1S/C16H21N3/c1-12-5-4-7-14(10-9-12)18-16-15-8-3-2-6-13(15)11-17-19-16/h2-3,6,8,11-12,14H,4-5,7,9-10H2,1H3,(H,18,19). The lowest BCUT2D eigenvalue weighted by Crippen LogP contribution is -2.19. The van der Waals surface area contributed by atoms with Gasteiger partial charge in [-0.15, -0.1) is 5.10 Å². The van der Waals surface area contributed by atoms with Crippen LogP contribution in [0.25, 0.3) is 10.8 Å². The monoisotopic (exact) mass is 255 g/mol. The van der Waals surface area contributed by atoms with Gasteiger partial charge in [-0.3, -0.25) is 0 Å². The number of rotatable bonds is 2. The molecule has 2 unspecified atom stereocenters. The van der Waals surface area contributed by atoms with Crippen molar-refractivity contribution >= 4 is 16.6 Å². The lowest BCUT2D eigenvalue weighted by Gasteiger charge is -2.17. The van der Waals surface area contributed by atoms with Crippen molar-refractivity contribution in [2.24, 2.45) is 5.92 Å². The molecule has 1 aromatic carbocycles. The average Bonchev–Trinajstić information content (AvgIpc) is 2.64. The number of aromatic nitrogens is 2. The molecule has 1 heterocycles. The normalized spacial score (nSPS) is 24.1. The Hall–Kier alpha value is -1.64. The highest BCUT2D eigenvalue weighted by atomic mass is 15.2. The van der Waals surface area contributed by atoms with Crippen LogP contribution in [0, 0.1) is 5.92 Å². The summed E-state index contributed by atoms with van der Waals surface area (Å²) in [7, 11) is 0. The second kappa shape index (κ2) is 5.55. The molecule has 0 radical (unpaired) electrons. The molecule has 100 valence electrons. The number of nitrogens with zero attached hydrogens (tertiary/aromatic N) is 2. The van der Waals surface area contributed by atoms with Gasteiger partial charge in [0.25, 0.3) is 0 Å². The number of hydrogen-bond donors (Lipinski definition) is 1. The molecule has 1 aliphatic carbocycles. The van der Waals surface area contributed by atoms with Gasteiger partial charge in [0.2, 0.25) is 0 Å². The first-order valence-corrected chi connectivity index (χ1v) is 7.30. The number of benzene rings is 1. The average molecular weight is 255 g/mol. The summed E-state index contributed by atoms with van der Waals surface area (Å²) in [4.78, 5) is 0. The highest BCUT2D eigenvalue weighted by Crippen LogP contribution is 2.26. The Morgan fingerprint density at radius 2 is 2.00 bits per heavy atom. The lowest BCUT2D eigenvalue weighted by molar-refractivity contribution is 0.502. The Kier molecular flexibility index (Phi) is 3.62. The third-order valence-electron chi connectivity index (χ3n) is 4.17. The minimum atomic E-state index is 0.546. The Morgan fingerprint density at radius 1 is 1.11 bits per heavy atom. The molecule has 1 saturated carbocycles. The van der Waals surface area contributed by atoms with Gasteiger partial charge in [0, 0.05) is 16.8 Å². The van der Waals surface area contributed by atoms with E-state index in [0.717, 1.165) is 17.1 Å². The van der Waals surface area contributed by atoms with Gasteiger partial charge >= 0.3 is 0 Å². The Balaban J connectivity index is 1.81. The van der Waals surface area contributed by atoms with Gasteiger partial charge in [0.1, 0.15) is 0 Å². The van der Waals surface area contributed by atoms with Gasteiger partial charge in [0.15, 0.2) is 5.82 Å². The van der Waals surface area contributed by atoms with Crippen LogP contribution >= 0.6 is 0 Å². The van der Waals surface area contributed by atoms with Crippen LogP contribution in [0.15, 0.2) is 30.5 Å². The van der Waals surface area contributed by atoms with E-state index in [4.69, 9.17) is 0 Å². The Labute approximate surface area is 114 Å². The van der Waals surface area contributed by atoms with E-state index in [1.54, 1.807) is 0 Å². The number of anilines is 1. The van der Waals surface area contributed by atoms with Crippen LogP contribution in [-0.2, 0) is 0 Å². The van der Waals surface area contributed by atoms with Crippen LogP contribution in [0.1, 0.15) is 39.0 Å². The van der Waals surface area contributed by atoms with Crippen molar-refractivity contribution in [3.63, 3.8) is 0 Å². The maximum atomic E-state index is 4.29. The highest BCUT2D eigenvalue weighted by molar-refractivity contribution is 5.90. The molecule has 19 heavy (non-hydrogen) atoms. The Bertz CT molecular complexity index is 547. The predicted octanol–water partition coefficient (Wildman–Crippen LogP) is 4.01. The van der Waals surface area contributed by atoms with Crippen LogP contribution in [0.4, 0.5) is 5.82 Å². The SMILES string of the molecule is CC1CCCC(Nc2nncc3ccccc23)CC1. The molecule has 1 aromatic heterocycles. The number of nitrogens with one attached hydrogen (secondary N) is 1. The first-order chi connectivity index (χ1) is 9.33. The molecule has 2 atom stereocenters. The number of fused-ring (bicyclic) bond motifs is 1. The number of hydrogen-bond acceptors (Lipinski definition) is 3. The molecule has 3 nitrogen and oxygen atoms in total. The summed E-state index contributed by atoms with van der Waals surface area (Å²) in [5.74, 6) is 1.81. The van der Waals surface area contributed by atoms with Gasteiger partial charge in [0.05, 0.1) is 6.20 Å². The third-order valence-corrected chi connectivity index (χ3v) is 4.17. The van der Waals surface area contributed by atoms with Crippen LogP contribution < -0.4 is 5.32 Å². The predicted molar refractivity (Wildman–Crippen MR) is 79.2 cm³/mol. The van der Waals surface area contributed by atoms with Crippen molar-refractivity contribution < 1.29 is 0 Å². The van der Waals surface area contributed by atoms with E-state index >= 15 is 0 Å². The zero-order chi connectivity index (χ0) is 13.1. The third kappa shape index (κ3) is 2.86. The van der Waals surface area contributed by atoms with Gasteiger partial charge in [-0.05, 0) is 25.2 Å². The summed E-state index contributed by atoms with van der Waals surface area (Å²) < 4.78 is 0. The van der Waals surface area contributed by atoms with E-state index in [-0.39, 0.29) is 0 Å². The van der Waals surface area contributed by atoms with E-state index in [1.165, 1.54) is 37.5 Å². The molecule has 0 aliphatic heterocycles. The first-order valence-electron chi connectivity index (χ1n) is 7.30. The molecule has 1 fully saturated rings. The van der Waals surface area contributed by atoms with Crippen molar-refractivity contribution in [2.45, 2.75) is 45.1 Å². The summed E-state index contributed by atoms with van der Waals surface area (Å²) in [5.41, 5.74) is 0. The fourth-order valence-corrected chi connectivity index (χ4v) is 2.96. The molecule has 0 saturated heterocycles. The topological polar surface area (TPSA) is 37.8 Å². The fourth-order valence-electron chi connectivity index (χ4n) is 2.96. The molecule has 3 heteroatoms. The largest absolute Gasteiger partial charge is 0.365 e.